The number of hydrogen-bond donors (Lipinski definition) is 5. The summed E-state index contributed by atoms with van der Waals surface area (Å²) in [5.41, 5.74) is 2.49. The van der Waals surface area contributed by atoms with Gasteiger partial charge in [0.2, 0.25) is 17.7 Å². The van der Waals surface area contributed by atoms with E-state index < -0.39 is 24.3 Å². The largest absolute Gasteiger partial charge is 0.353 e. The van der Waals surface area contributed by atoms with E-state index in [1.165, 1.54) is 0 Å². The third kappa shape index (κ3) is 4.39. The molecule has 0 aromatic heterocycles. The second-order valence-electron chi connectivity index (χ2n) is 7.50. The number of carbonyl (C=O) groups excluding carboxylic acids is 3. The van der Waals surface area contributed by atoms with Crippen LogP contribution in [-0.4, -0.2) is 30.2 Å². The molecule has 2 heterocycles. The zero-order chi connectivity index (χ0) is 21.3. The van der Waals surface area contributed by atoms with Gasteiger partial charge in [-0.05, 0) is 43.3 Å². The van der Waals surface area contributed by atoms with Crippen LogP contribution in [0.1, 0.15) is 12.0 Å². The summed E-state index contributed by atoms with van der Waals surface area (Å²) in [5, 5.41) is 15.3. The van der Waals surface area contributed by atoms with Crippen molar-refractivity contribution in [2.45, 2.75) is 25.8 Å². The first-order valence-corrected chi connectivity index (χ1v) is 10.0. The minimum atomic E-state index is -0.799. The van der Waals surface area contributed by atoms with Crippen molar-refractivity contribution in [2.75, 3.05) is 10.6 Å². The molecule has 2 aromatic rings. The van der Waals surface area contributed by atoms with E-state index in [1.54, 1.807) is 24.3 Å². The van der Waals surface area contributed by atoms with Crippen LogP contribution in [0.15, 0.2) is 48.5 Å². The molecule has 4 atom stereocenters. The zero-order valence-electron chi connectivity index (χ0n) is 16.2. The van der Waals surface area contributed by atoms with E-state index in [9.17, 15) is 14.4 Å². The Hall–Kier alpha value is -3.10. The van der Waals surface area contributed by atoms with E-state index in [2.05, 4.69) is 26.6 Å². The van der Waals surface area contributed by atoms with Gasteiger partial charge in [-0.3, -0.25) is 19.7 Å². The zero-order valence-corrected chi connectivity index (χ0v) is 17.0. The Bertz CT molecular complexity index is 964. The third-order valence-corrected chi connectivity index (χ3v) is 5.51. The number of halogens is 1. The summed E-state index contributed by atoms with van der Waals surface area (Å²) in [6.07, 6.45) is -1.31. The van der Waals surface area contributed by atoms with Crippen molar-refractivity contribution in [1.29, 1.82) is 0 Å². The van der Waals surface area contributed by atoms with Crippen LogP contribution in [0.5, 0.6) is 0 Å². The van der Waals surface area contributed by atoms with Crippen LogP contribution in [-0.2, 0) is 14.4 Å². The number of aryl methyl sites for hydroxylation is 1. The molecule has 30 heavy (non-hydrogen) atoms. The normalized spacial score (nSPS) is 25.5. The average molecular weight is 428 g/mol. The number of piperidine rings is 1. The van der Waals surface area contributed by atoms with Crippen LogP contribution in [0.3, 0.4) is 0 Å². The van der Waals surface area contributed by atoms with E-state index in [0.29, 0.717) is 10.7 Å². The molecule has 0 spiro atoms. The Morgan fingerprint density at radius 1 is 1.00 bits per heavy atom. The summed E-state index contributed by atoms with van der Waals surface area (Å²) < 4.78 is 0. The lowest BCUT2D eigenvalue weighted by atomic mass is 9.81. The molecular weight excluding hydrogens is 406 g/mol. The number of carbonyl (C=O) groups is 3. The van der Waals surface area contributed by atoms with Crippen molar-refractivity contribution in [2.24, 2.45) is 11.8 Å². The predicted octanol–water partition coefficient (Wildman–Crippen LogP) is 1.78. The topological polar surface area (TPSA) is 111 Å². The number of hydrogen-bond acceptors (Lipinski definition) is 5. The van der Waals surface area contributed by atoms with Crippen LogP contribution < -0.4 is 26.6 Å². The first kappa shape index (κ1) is 20.2. The highest BCUT2D eigenvalue weighted by Crippen LogP contribution is 2.28. The summed E-state index contributed by atoms with van der Waals surface area (Å²) in [5.74, 6) is -2.51. The molecule has 0 radical (unpaired) electrons. The molecule has 3 amide bonds. The average Bonchev–Trinajstić information content (AvgIpc) is 2.70. The molecule has 156 valence electrons. The molecule has 2 aromatic carbocycles. The van der Waals surface area contributed by atoms with E-state index in [0.717, 1.165) is 11.3 Å². The Morgan fingerprint density at radius 3 is 2.37 bits per heavy atom. The van der Waals surface area contributed by atoms with E-state index in [4.69, 9.17) is 11.6 Å². The number of rotatable bonds is 4. The maximum absolute atomic E-state index is 12.9. The molecule has 8 nitrogen and oxygen atoms in total. The lowest BCUT2D eigenvalue weighted by Crippen LogP contribution is -2.72. The standard InChI is InChI=1S/C21H22ClN5O3/c1-11-2-6-14(7-3-11)24-21-26-18-17(20(30)27-21)15(10-16(28)25-18)19(29)23-13-8-4-12(22)5-9-13/h2-9,15,17-18,21,24,26H,10H2,1H3,(H,23,29)(H,25,28)(H,27,30). The van der Waals surface area contributed by atoms with Crippen molar-refractivity contribution in [3.05, 3.63) is 59.1 Å². The predicted molar refractivity (Wildman–Crippen MR) is 113 cm³/mol. The molecule has 2 saturated heterocycles. The van der Waals surface area contributed by atoms with Gasteiger partial charge in [0.05, 0.1) is 18.0 Å². The molecule has 5 N–H and O–H groups in total. The number of amides is 3. The van der Waals surface area contributed by atoms with Crippen LogP contribution in [0, 0.1) is 18.8 Å². The summed E-state index contributed by atoms with van der Waals surface area (Å²) in [6.45, 7) is 1.99. The fraction of sp³-hybridized carbons (Fsp3) is 0.286. The van der Waals surface area contributed by atoms with Crippen LogP contribution in [0.2, 0.25) is 5.02 Å². The van der Waals surface area contributed by atoms with Crippen molar-refractivity contribution >= 4 is 40.7 Å². The first-order valence-electron chi connectivity index (χ1n) is 9.64. The smallest absolute Gasteiger partial charge is 0.229 e. The lowest BCUT2D eigenvalue weighted by molar-refractivity contribution is -0.144. The number of fused-ring (bicyclic) bond motifs is 1. The molecule has 2 aliphatic heterocycles. The maximum Gasteiger partial charge on any atom is 0.229 e. The Labute approximate surface area is 178 Å². The second kappa shape index (κ2) is 8.33. The van der Waals surface area contributed by atoms with Crippen LogP contribution in [0.25, 0.3) is 0 Å². The molecule has 4 rings (SSSR count). The van der Waals surface area contributed by atoms with Gasteiger partial charge >= 0.3 is 0 Å². The molecular formula is C21H22ClN5O3. The lowest BCUT2D eigenvalue weighted by Gasteiger charge is -2.43. The van der Waals surface area contributed by atoms with Gasteiger partial charge in [-0.15, -0.1) is 0 Å². The molecule has 9 heteroatoms. The van der Waals surface area contributed by atoms with Gasteiger partial charge < -0.3 is 21.3 Å². The van der Waals surface area contributed by atoms with Gasteiger partial charge in [0.25, 0.3) is 0 Å². The fourth-order valence-electron chi connectivity index (χ4n) is 3.74. The highest BCUT2D eigenvalue weighted by atomic mass is 35.5. The molecule has 4 unspecified atom stereocenters. The molecule has 0 bridgehead atoms. The van der Waals surface area contributed by atoms with Gasteiger partial charge in [-0.25, -0.2) is 0 Å². The van der Waals surface area contributed by atoms with Crippen molar-refractivity contribution in [3.8, 4) is 0 Å². The highest BCUT2D eigenvalue weighted by molar-refractivity contribution is 6.30. The monoisotopic (exact) mass is 427 g/mol. The van der Waals surface area contributed by atoms with Gasteiger partial charge in [0.1, 0.15) is 0 Å². The summed E-state index contributed by atoms with van der Waals surface area (Å²) in [7, 11) is 0. The van der Waals surface area contributed by atoms with E-state index in [1.807, 2.05) is 31.2 Å². The number of nitrogens with one attached hydrogen (secondary N) is 5. The minimum Gasteiger partial charge on any atom is -0.353 e. The third-order valence-electron chi connectivity index (χ3n) is 5.26. The van der Waals surface area contributed by atoms with Gasteiger partial charge in [0, 0.05) is 22.8 Å². The Balaban J connectivity index is 1.47. The molecule has 2 aliphatic rings. The van der Waals surface area contributed by atoms with Gasteiger partial charge in [-0.1, -0.05) is 29.3 Å². The Kier molecular flexibility index (Phi) is 5.61. The summed E-state index contributed by atoms with van der Waals surface area (Å²) >= 11 is 5.87. The SMILES string of the molecule is Cc1ccc(NC2NC(=O)C3C(NC(=O)CC3C(=O)Nc3ccc(Cl)cc3)N2)cc1. The molecule has 2 fully saturated rings. The van der Waals surface area contributed by atoms with E-state index >= 15 is 0 Å². The van der Waals surface area contributed by atoms with Crippen molar-refractivity contribution in [3.63, 3.8) is 0 Å². The van der Waals surface area contributed by atoms with E-state index in [-0.39, 0.29) is 24.1 Å². The molecule has 0 aliphatic carbocycles. The van der Waals surface area contributed by atoms with Crippen molar-refractivity contribution in [1.82, 2.24) is 16.0 Å². The Morgan fingerprint density at radius 2 is 1.67 bits per heavy atom. The quantitative estimate of drug-likeness (QED) is 0.510. The maximum atomic E-state index is 12.9. The number of anilines is 2. The summed E-state index contributed by atoms with van der Waals surface area (Å²) in [4.78, 5) is 38.0. The van der Waals surface area contributed by atoms with Gasteiger partial charge in [-0.2, -0.15) is 0 Å². The number of benzene rings is 2. The summed E-state index contributed by atoms with van der Waals surface area (Å²) in [6, 6.07) is 14.4. The van der Waals surface area contributed by atoms with Crippen LogP contribution in [0.4, 0.5) is 11.4 Å². The molecule has 0 saturated carbocycles. The minimum absolute atomic E-state index is 0.0637. The van der Waals surface area contributed by atoms with Crippen molar-refractivity contribution < 1.29 is 14.4 Å². The highest BCUT2D eigenvalue weighted by Gasteiger charge is 2.48. The van der Waals surface area contributed by atoms with Gasteiger partial charge in [0.15, 0.2) is 6.29 Å². The first-order chi connectivity index (χ1) is 14.4. The second-order valence-corrected chi connectivity index (χ2v) is 7.93. The fourth-order valence-corrected chi connectivity index (χ4v) is 3.86. The van der Waals surface area contributed by atoms with Crippen LogP contribution >= 0.6 is 11.6 Å².